The second-order valence-electron chi connectivity index (χ2n) is 5.35. The molecule has 0 aliphatic heterocycles. The van der Waals surface area contributed by atoms with E-state index in [1.165, 1.54) is 5.56 Å². The molecule has 0 fully saturated rings. The van der Waals surface area contributed by atoms with Gasteiger partial charge in [-0.25, -0.2) is 0 Å². The maximum absolute atomic E-state index is 6.46. The molecule has 1 aromatic rings. The quantitative estimate of drug-likeness (QED) is 0.734. The van der Waals surface area contributed by atoms with Gasteiger partial charge < -0.3 is 10.5 Å². The van der Waals surface area contributed by atoms with Crippen LogP contribution >= 0.6 is 0 Å². The van der Waals surface area contributed by atoms with E-state index in [0.29, 0.717) is 12.0 Å². The monoisotopic (exact) mass is 264 g/mol. The van der Waals surface area contributed by atoms with Gasteiger partial charge in [0.25, 0.3) is 0 Å². The molecule has 0 saturated carbocycles. The SMILES string of the molecule is CCOCCN(C)C(C(C)C)C(N)c1ccccc1. The lowest BCUT2D eigenvalue weighted by atomic mass is 9.90. The summed E-state index contributed by atoms with van der Waals surface area (Å²) in [5.74, 6) is 0.502. The maximum atomic E-state index is 6.46. The summed E-state index contributed by atoms with van der Waals surface area (Å²) >= 11 is 0. The summed E-state index contributed by atoms with van der Waals surface area (Å²) in [6.07, 6.45) is 0. The van der Waals surface area contributed by atoms with Gasteiger partial charge >= 0.3 is 0 Å². The zero-order chi connectivity index (χ0) is 14.3. The number of rotatable bonds is 8. The van der Waals surface area contributed by atoms with Crippen molar-refractivity contribution in [2.75, 3.05) is 26.8 Å². The van der Waals surface area contributed by atoms with Crippen molar-refractivity contribution in [2.24, 2.45) is 11.7 Å². The first-order valence-electron chi connectivity index (χ1n) is 7.16. The van der Waals surface area contributed by atoms with Gasteiger partial charge in [-0.15, -0.1) is 0 Å². The highest BCUT2D eigenvalue weighted by molar-refractivity contribution is 5.20. The van der Waals surface area contributed by atoms with Gasteiger partial charge in [0.2, 0.25) is 0 Å². The van der Waals surface area contributed by atoms with Crippen LogP contribution in [0, 0.1) is 5.92 Å². The molecule has 0 spiro atoms. The van der Waals surface area contributed by atoms with Gasteiger partial charge in [0.1, 0.15) is 0 Å². The number of nitrogens with zero attached hydrogens (tertiary/aromatic N) is 1. The van der Waals surface area contributed by atoms with Crippen molar-refractivity contribution in [3.63, 3.8) is 0 Å². The number of hydrogen-bond acceptors (Lipinski definition) is 3. The number of ether oxygens (including phenoxy) is 1. The Morgan fingerprint density at radius 2 is 1.84 bits per heavy atom. The van der Waals surface area contributed by atoms with Crippen molar-refractivity contribution in [3.05, 3.63) is 35.9 Å². The molecule has 0 aliphatic rings. The Hall–Kier alpha value is -0.900. The topological polar surface area (TPSA) is 38.5 Å². The number of likely N-dealkylation sites (N-methyl/N-ethyl adjacent to an activating group) is 1. The molecule has 1 aromatic carbocycles. The van der Waals surface area contributed by atoms with Crippen molar-refractivity contribution in [1.29, 1.82) is 0 Å². The van der Waals surface area contributed by atoms with E-state index >= 15 is 0 Å². The number of nitrogens with two attached hydrogens (primary N) is 1. The van der Waals surface area contributed by atoms with Gasteiger partial charge in [0, 0.05) is 25.2 Å². The normalized spacial score (nSPS) is 14.9. The minimum Gasteiger partial charge on any atom is -0.380 e. The average Bonchev–Trinajstić information content (AvgIpc) is 2.39. The summed E-state index contributed by atoms with van der Waals surface area (Å²) in [6, 6.07) is 10.7. The van der Waals surface area contributed by atoms with Gasteiger partial charge in [0.05, 0.1) is 6.61 Å². The fourth-order valence-corrected chi connectivity index (χ4v) is 2.57. The average molecular weight is 264 g/mol. The molecule has 19 heavy (non-hydrogen) atoms. The lowest BCUT2D eigenvalue weighted by Crippen LogP contribution is -2.45. The fraction of sp³-hybridized carbons (Fsp3) is 0.625. The van der Waals surface area contributed by atoms with E-state index in [4.69, 9.17) is 10.5 Å². The zero-order valence-electron chi connectivity index (χ0n) is 12.7. The molecule has 0 heterocycles. The van der Waals surface area contributed by atoms with Gasteiger partial charge in [-0.1, -0.05) is 44.2 Å². The fourth-order valence-electron chi connectivity index (χ4n) is 2.57. The second-order valence-corrected chi connectivity index (χ2v) is 5.35. The van der Waals surface area contributed by atoms with Gasteiger partial charge in [-0.05, 0) is 25.5 Å². The molecule has 2 unspecified atom stereocenters. The van der Waals surface area contributed by atoms with Gasteiger partial charge in [0.15, 0.2) is 0 Å². The highest BCUT2D eigenvalue weighted by atomic mass is 16.5. The highest BCUT2D eigenvalue weighted by Gasteiger charge is 2.26. The van der Waals surface area contributed by atoms with Crippen LogP contribution in [0.15, 0.2) is 30.3 Å². The Balaban J connectivity index is 2.71. The lowest BCUT2D eigenvalue weighted by molar-refractivity contribution is 0.0874. The maximum Gasteiger partial charge on any atom is 0.0593 e. The van der Waals surface area contributed by atoms with Crippen LogP contribution in [0.3, 0.4) is 0 Å². The van der Waals surface area contributed by atoms with E-state index in [2.05, 4.69) is 37.9 Å². The van der Waals surface area contributed by atoms with Crippen molar-refractivity contribution in [1.82, 2.24) is 4.90 Å². The van der Waals surface area contributed by atoms with E-state index < -0.39 is 0 Å². The van der Waals surface area contributed by atoms with Crippen LogP contribution in [0.5, 0.6) is 0 Å². The Kier molecular flexibility index (Phi) is 7.06. The second kappa shape index (κ2) is 8.31. The van der Waals surface area contributed by atoms with E-state index in [0.717, 1.165) is 19.8 Å². The number of benzene rings is 1. The first-order valence-corrected chi connectivity index (χ1v) is 7.16. The summed E-state index contributed by atoms with van der Waals surface area (Å²) in [5.41, 5.74) is 7.66. The molecule has 108 valence electrons. The van der Waals surface area contributed by atoms with Gasteiger partial charge in [-0.3, -0.25) is 4.90 Å². The third kappa shape index (κ3) is 4.94. The van der Waals surface area contributed by atoms with Crippen molar-refractivity contribution < 1.29 is 4.74 Å². The van der Waals surface area contributed by atoms with E-state index in [9.17, 15) is 0 Å². The Bertz CT molecular complexity index is 340. The minimum atomic E-state index is 0.0350. The molecule has 0 amide bonds. The summed E-state index contributed by atoms with van der Waals surface area (Å²) in [5, 5.41) is 0. The van der Waals surface area contributed by atoms with Crippen molar-refractivity contribution in [3.8, 4) is 0 Å². The van der Waals surface area contributed by atoms with E-state index in [1.54, 1.807) is 0 Å². The predicted molar refractivity (Wildman–Crippen MR) is 81.1 cm³/mol. The molecule has 1 rings (SSSR count). The van der Waals surface area contributed by atoms with Crippen LogP contribution < -0.4 is 5.73 Å². The Morgan fingerprint density at radius 3 is 2.37 bits per heavy atom. The smallest absolute Gasteiger partial charge is 0.0593 e. The number of hydrogen-bond donors (Lipinski definition) is 1. The predicted octanol–water partition coefficient (Wildman–Crippen LogP) is 2.68. The third-order valence-corrected chi connectivity index (χ3v) is 3.54. The van der Waals surface area contributed by atoms with Gasteiger partial charge in [-0.2, -0.15) is 0 Å². The summed E-state index contributed by atoms with van der Waals surface area (Å²) in [6.45, 7) is 8.92. The first kappa shape index (κ1) is 16.2. The lowest BCUT2D eigenvalue weighted by Gasteiger charge is -2.36. The third-order valence-electron chi connectivity index (χ3n) is 3.54. The van der Waals surface area contributed by atoms with Crippen LogP contribution in [0.4, 0.5) is 0 Å². The minimum absolute atomic E-state index is 0.0350. The Labute approximate surface area is 117 Å². The van der Waals surface area contributed by atoms with Crippen molar-refractivity contribution in [2.45, 2.75) is 32.9 Å². The van der Waals surface area contributed by atoms with Crippen LogP contribution in [0.2, 0.25) is 0 Å². The van der Waals surface area contributed by atoms with E-state index in [1.807, 2.05) is 25.1 Å². The summed E-state index contributed by atoms with van der Waals surface area (Å²) in [7, 11) is 2.13. The summed E-state index contributed by atoms with van der Waals surface area (Å²) < 4.78 is 5.44. The molecule has 3 nitrogen and oxygen atoms in total. The van der Waals surface area contributed by atoms with Crippen LogP contribution in [0.1, 0.15) is 32.4 Å². The van der Waals surface area contributed by atoms with E-state index in [-0.39, 0.29) is 6.04 Å². The zero-order valence-corrected chi connectivity index (χ0v) is 12.7. The van der Waals surface area contributed by atoms with Crippen LogP contribution in [-0.2, 0) is 4.74 Å². The van der Waals surface area contributed by atoms with Crippen molar-refractivity contribution >= 4 is 0 Å². The highest BCUT2D eigenvalue weighted by Crippen LogP contribution is 2.23. The van der Waals surface area contributed by atoms with Crippen LogP contribution in [-0.4, -0.2) is 37.7 Å². The molecule has 2 N–H and O–H groups in total. The van der Waals surface area contributed by atoms with Crippen LogP contribution in [0.25, 0.3) is 0 Å². The molecular weight excluding hydrogens is 236 g/mol. The largest absolute Gasteiger partial charge is 0.380 e. The molecule has 0 radical (unpaired) electrons. The molecule has 0 aromatic heterocycles. The molecule has 0 bridgehead atoms. The Morgan fingerprint density at radius 1 is 1.21 bits per heavy atom. The molecule has 2 atom stereocenters. The first-order chi connectivity index (χ1) is 9.07. The molecule has 0 saturated heterocycles. The molecule has 0 aliphatic carbocycles. The standard InChI is InChI=1S/C16H28N2O/c1-5-19-12-11-18(4)16(13(2)3)15(17)14-9-7-6-8-10-14/h6-10,13,15-16H,5,11-12,17H2,1-4H3. The molecular formula is C16H28N2O. The summed E-state index contributed by atoms with van der Waals surface area (Å²) in [4.78, 5) is 2.32. The molecule has 3 heteroatoms.